The number of hydrogen-bond donors (Lipinski definition) is 0. The maximum atomic E-state index is 9.28. The Bertz CT molecular complexity index is 398. The standard InChI is InChI=1S/C15H26N4/c1-13(2,3)8-12(9-16)18-19-15(7,11-17)10-14(4,5)6/h12H,8,10H2,1-7H3. The largest absolute Gasteiger partial charge is 0.196 e. The van der Waals surface area contributed by atoms with Crippen LogP contribution in [0.5, 0.6) is 0 Å². The fourth-order valence-corrected chi connectivity index (χ4v) is 2.02. The number of azo groups is 1. The Labute approximate surface area is 117 Å². The molecule has 0 saturated heterocycles. The van der Waals surface area contributed by atoms with Crippen molar-refractivity contribution in [1.82, 2.24) is 0 Å². The van der Waals surface area contributed by atoms with Crippen LogP contribution in [0.15, 0.2) is 10.2 Å². The van der Waals surface area contributed by atoms with Gasteiger partial charge in [-0.2, -0.15) is 20.8 Å². The Morgan fingerprint density at radius 3 is 1.79 bits per heavy atom. The lowest BCUT2D eigenvalue weighted by Crippen LogP contribution is -2.27. The summed E-state index contributed by atoms with van der Waals surface area (Å²) in [7, 11) is 0. The van der Waals surface area contributed by atoms with Crippen LogP contribution in [0.25, 0.3) is 0 Å². The summed E-state index contributed by atoms with van der Waals surface area (Å²) in [6, 6.07) is 3.88. The molecule has 106 valence electrons. The Morgan fingerprint density at radius 2 is 1.47 bits per heavy atom. The molecule has 0 saturated carbocycles. The zero-order valence-electron chi connectivity index (χ0n) is 13.3. The van der Waals surface area contributed by atoms with Gasteiger partial charge in [0.2, 0.25) is 0 Å². The number of rotatable bonds is 4. The molecule has 4 heteroatoms. The van der Waals surface area contributed by atoms with E-state index in [-0.39, 0.29) is 10.8 Å². The van der Waals surface area contributed by atoms with Crippen molar-refractivity contribution in [2.45, 2.75) is 72.9 Å². The summed E-state index contributed by atoms with van der Waals surface area (Å²) in [5.41, 5.74) is -0.840. The third-order valence-corrected chi connectivity index (χ3v) is 2.49. The van der Waals surface area contributed by atoms with E-state index < -0.39 is 11.6 Å². The highest BCUT2D eigenvalue weighted by Gasteiger charge is 2.30. The first kappa shape index (κ1) is 17.6. The summed E-state index contributed by atoms with van der Waals surface area (Å²) < 4.78 is 0. The van der Waals surface area contributed by atoms with Crippen molar-refractivity contribution in [1.29, 1.82) is 10.5 Å². The molecule has 2 atom stereocenters. The van der Waals surface area contributed by atoms with Crippen molar-refractivity contribution in [3.8, 4) is 12.1 Å². The number of nitrogens with zero attached hydrogens (tertiary/aromatic N) is 4. The molecule has 0 spiro atoms. The van der Waals surface area contributed by atoms with Gasteiger partial charge < -0.3 is 0 Å². The molecule has 0 aliphatic rings. The number of nitriles is 2. The SMILES string of the molecule is CC(C)(C)CC(C#N)N=NC(C)(C#N)CC(C)(C)C. The minimum absolute atomic E-state index is 0.00430. The van der Waals surface area contributed by atoms with Crippen LogP contribution in [0, 0.1) is 33.5 Å². The lowest BCUT2D eigenvalue weighted by Gasteiger charge is -2.26. The molecule has 2 unspecified atom stereocenters. The van der Waals surface area contributed by atoms with E-state index in [0.29, 0.717) is 12.8 Å². The molecule has 0 bridgehead atoms. The van der Waals surface area contributed by atoms with Crippen LogP contribution in [0.2, 0.25) is 0 Å². The van der Waals surface area contributed by atoms with Crippen LogP contribution in [0.3, 0.4) is 0 Å². The van der Waals surface area contributed by atoms with Gasteiger partial charge in [-0.25, -0.2) is 0 Å². The predicted octanol–water partition coefficient (Wildman–Crippen LogP) is 4.49. The van der Waals surface area contributed by atoms with Crippen molar-refractivity contribution in [3.63, 3.8) is 0 Å². The van der Waals surface area contributed by atoms with Crippen molar-refractivity contribution < 1.29 is 0 Å². The highest BCUT2D eigenvalue weighted by Crippen LogP contribution is 2.30. The van der Waals surface area contributed by atoms with Crippen molar-refractivity contribution in [3.05, 3.63) is 0 Å². The van der Waals surface area contributed by atoms with E-state index in [1.165, 1.54) is 0 Å². The van der Waals surface area contributed by atoms with Gasteiger partial charge in [-0.05, 0) is 30.6 Å². The molecule has 0 radical (unpaired) electrons. The predicted molar refractivity (Wildman–Crippen MR) is 76.4 cm³/mol. The minimum atomic E-state index is -0.856. The van der Waals surface area contributed by atoms with Gasteiger partial charge >= 0.3 is 0 Å². The van der Waals surface area contributed by atoms with E-state index in [0.717, 1.165) is 0 Å². The summed E-state index contributed by atoms with van der Waals surface area (Å²) in [4.78, 5) is 0. The molecular formula is C15H26N4. The summed E-state index contributed by atoms with van der Waals surface area (Å²) in [5, 5.41) is 26.6. The summed E-state index contributed by atoms with van der Waals surface area (Å²) in [6.07, 6.45) is 1.26. The second-order valence-corrected chi connectivity index (χ2v) is 7.75. The Balaban J connectivity index is 4.92. The molecule has 0 aromatic carbocycles. The lowest BCUT2D eigenvalue weighted by molar-refractivity contribution is 0.299. The molecule has 0 heterocycles. The van der Waals surface area contributed by atoms with E-state index in [2.05, 4.69) is 63.9 Å². The molecule has 0 amide bonds. The van der Waals surface area contributed by atoms with E-state index in [1.54, 1.807) is 6.92 Å². The van der Waals surface area contributed by atoms with Crippen molar-refractivity contribution in [2.24, 2.45) is 21.1 Å². The fourth-order valence-electron chi connectivity index (χ4n) is 2.02. The van der Waals surface area contributed by atoms with Gasteiger partial charge in [-0.3, -0.25) is 0 Å². The minimum Gasteiger partial charge on any atom is -0.196 e. The van der Waals surface area contributed by atoms with Gasteiger partial charge in [0.1, 0.15) is 0 Å². The molecule has 0 aliphatic heterocycles. The average Bonchev–Trinajstić information content (AvgIpc) is 2.20. The van der Waals surface area contributed by atoms with Crippen LogP contribution in [-0.2, 0) is 0 Å². The summed E-state index contributed by atoms with van der Waals surface area (Å²) in [6.45, 7) is 14.1. The highest BCUT2D eigenvalue weighted by atomic mass is 15.2. The Kier molecular flexibility index (Phi) is 5.69. The summed E-state index contributed by atoms with van der Waals surface area (Å²) >= 11 is 0. The van der Waals surface area contributed by atoms with Gasteiger partial charge in [-0.1, -0.05) is 41.5 Å². The molecule has 0 fully saturated rings. The normalized spacial score (nSPS) is 17.5. The van der Waals surface area contributed by atoms with E-state index >= 15 is 0 Å². The monoisotopic (exact) mass is 262 g/mol. The van der Waals surface area contributed by atoms with Gasteiger partial charge in [-0.15, -0.1) is 0 Å². The average molecular weight is 262 g/mol. The molecule has 0 aromatic rings. The van der Waals surface area contributed by atoms with Crippen LogP contribution in [-0.4, -0.2) is 11.6 Å². The third-order valence-electron chi connectivity index (χ3n) is 2.49. The second kappa shape index (κ2) is 6.15. The Hall–Kier alpha value is -1.42. The number of hydrogen-bond acceptors (Lipinski definition) is 4. The zero-order valence-corrected chi connectivity index (χ0v) is 13.3. The van der Waals surface area contributed by atoms with Gasteiger partial charge in [0.25, 0.3) is 0 Å². The zero-order chi connectivity index (χ0) is 15.3. The molecule has 4 nitrogen and oxygen atoms in total. The van der Waals surface area contributed by atoms with E-state index in [9.17, 15) is 5.26 Å². The second-order valence-electron chi connectivity index (χ2n) is 7.75. The van der Waals surface area contributed by atoms with Crippen LogP contribution in [0.4, 0.5) is 0 Å². The maximum absolute atomic E-state index is 9.28. The molecular weight excluding hydrogens is 236 g/mol. The van der Waals surface area contributed by atoms with Gasteiger partial charge in [0.15, 0.2) is 11.6 Å². The topological polar surface area (TPSA) is 72.3 Å². The van der Waals surface area contributed by atoms with Gasteiger partial charge in [0, 0.05) is 0 Å². The van der Waals surface area contributed by atoms with Crippen LogP contribution < -0.4 is 0 Å². The molecule has 0 rings (SSSR count). The van der Waals surface area contributed by atoms with Crippen molar-refractivity contribution in [2.75, 3.05) is 0 Å². The lowest BCUT2D eigenvalue weighted by atomic mass is 9.82. The molecule has 0 N–H and O–H groups in total. The molecule has 0 aliphatic carbocycles. The Morgan fingerprint density at radius 1 is 0.947 bits per heavy atom. The van der Waals surface area contributed by atoms with Crippen LogP contribution >= 0.6 is 0 Å². The quantitative estimate of drug-likeness (QED) is 0.700. The highest BCUT2D eigenvalue weighted by molar-refractivity contribution is 5.06. The third kappa shape index (κ3) is 8.32. The molecule has 19 heavy (non-hydrogen) atoms. The first-order valence-electron chi connectivity index (χ1n) is 6.64. The van der Waals surface area contributed by atoms with Crippen molar-refractivity contribution >= 4 is 0 Å². The smallest absolute Gasteiger partial charge is 0.165 e. The first-order valence-corrected chi connectivity index (χ1v) is 6.64. The first-order chi connectivity index (χ1) is 8.41. The van der Waals surface area contributed by atoms with Crippen LogP contribution in [0.1, 0.15) is 61.3 Å². The fraction of sp³-hybridized carbons (Fsp3) is 0.867. The molecule has 0 aromatic heterocycles. The maximum Gasteiger partial charge on any atom is 0.165 e. The van der Waals surface area contributed by atoms with E-state index in [4.69, 9.17) is 5.26 Å². The van der Waals surface area contributed by atoms with E-state index in [1.807, 2.05) is 0 Å². The van der Waals surface area contributed by atoms with Gasteiger partial charge in [0.05, 0.1) is 12.1 Å². The summed E-state index contributed by atoms with van der Waals surface area (Å²) in [5.74, 6) is 0.